The number of amides is 1. The quantitative estimate of drug-likeness (QED) is 0.553. The fourth-order valence-electron chi connectivity index (χ4n) is 3.19. The smallest absolute Gasteiger partial charge is 0.277 e. The van der Waals surface area contributed by atoms with Crippen LogP contribution >= 0.6 is 0 Å². The van der Waals surface area contributed by atoms with Crippen molar-refractivity contribution in [2.24, 2.45) is 0 Å². The molecule has 1 amide bonds. The van der Waals surface area contributed by atoms with Gasteiger partial charge in [-0.05, 0) is 31.2 Å². The number of fused-ring (bicyclic) bond motifs is 3. The van der Waals surface area contributed by atoms with Crippen LogP contribution in [0.15, 0.2) is 51.7 Å². The number of benzene rings is 1. The normalized spacial score (nSPS) is 11.4. The molecular formula is C20H20N4O4. The average molecular weight is 380 g/mol. The molecule has 3 heterocycles. The first kappa shape index (κ1) is 18.0. The van der Waals surface area contributed by atoms with E-state index in [1.165, 1.54) is 10.6 Å². The first-order chi connectivity index (χ1) is 13.6. The Kier molecular flexibility index (Phi) is 4.70. The summed E-state index contributed by atoms with van der Waals surface area (Å²) >= 11 is 0. The van der Waals surface area contributed by atoms with Gasteiger partial charge in [0.05, 0.1) is 24.2 Å². The number of furan rings is 1. The van der Waals surface area contributed by atoms with Gasteiger partial charge in [0.2, 0.25) is 0 Å². The van der Waals surface area contributed by atoms with Gasteiger partial charge in [0.25, 0.3) is 11.5 Å². The van der Waals surface area contributed by atoms with Crippen LogP contribution in [0.2, 0.25) is 0 Å². The minimum Gasteiger partial charge on any atom is -0.465 e. The lowest BCUT2D eigenvalue weighted by Gasteiger charge is -2.11. The molecule has 0 spiro atoms. The summed E-state index contributed by atoms with van der Waals surface area (Å²) in [5, 5.41) is 7.14. The van der Waals surface area contributed by atoms with E-state index in [1.54, 1.807) is 17.7 Å². The van der Waals surface area contributed by atoms with Gasteiger partial charge >= 0.3 is 0 Å². The Bertz CT molecular complexity index is 1220. The van der Waals surface area contributed by atoms with Gasteiger partial charge in [-0.3, -0.25) is 9.59 Å². The predicted octanol–water partition coefficient (Wildman–Crippen LogP) is 2.13. The van der Waals surface area contributed by atoms with E-state index in [9.17, 15) is 9.59 Å². The molecule has 0 atom stereocenters. The van der Waals surface area contributed by atoms with Crippen molar-refractivity contribution in [2.45, 2.75) is 20.0 Å². The molecule has 3 aromatic heterocycles. The van der Waals surface area contributed by atoms with Crippen LogP contribution in [0.4, 0.5) is 0 Å². The van der Waals surface area contributed by atoms with Crippen molar-refractivity contribution in [1.29, 1.82) is 0 Å². The van der Waals surface area contributed by atoms with Crippen LogP contribution in [-0.2, 0) is 17.8 Å². The standard InChI is InChI=1S/C20H20N4O4/c1-13-7-8-14(28-13)12-21-19(25)15-11-18-20(26)23(9-10-27-2)16-5-3-4-6-17(16)24(18)22-15/h3-8,11H,9-10,12H2,1-2H3,(H,21,25). The summed E-state index contributed by atoms with van der Waals surface area (Å²) in [6, 6.07) is 12.6. The highest BCUT2D eigenvalue weighted by molar-refractivity contribution is 5.94. The second-order valence-corrected chi connectivity index (χ2v) is 6.46. The number of aryl methyl sites for hydroxylation is 1. The molecule has 0 saturated carbocycles. The zero-order chi connectivity index (χ0) is 19.7. The number of rotatable bonds is 6. The summed E-state index contributed by atoms with van der Waals surface area (Å²) in [4.78, 5) is 25.5. The Labute approximate surface area is 160 Å². The van der Waals surface area contributed by atoms with Crippen LogP contribution in [0.5, 0.6) is 0 Å². The number of nitrogens with zero attached hydrogens (tertiary/aromatic N) is 3. The Morgan fingerprint density at radius 1 is 1.18 bits per heavy atom. The Morgan fingerprint density at radius 2 is 1.96 bits per heavy atom. The van der Waals surface area contributed by atoms with Gasteiger partial charge in [0.1, 0.15) is 17.0 Å². The molecule has 0 aliphatic heterocycles. The molecule has 0 unspecified atom stereocenters. The number of para-hydroxylation sites is 2. The molecule has 8 heteroatoms. The molecule has 4 rings (SSSR count). The number of hydrogen-bond donors (Lipinski definition) is 1. The molecular weight excluding hydrogens is 360 g/mol. The highest BCUT2D eigenvalue weighted by atomic mass is 16.5. The number of carbonyl (C=O) groups is 1. The number of hydrogen-bond acceptors (Lipinski definition) is 5. The van der Waals surface area contributed by atoms with Gasteiger partial charge in [0.15, 0.2) is 5.69 Å². The van der Waals surface area contributed by atoms with Gasteiger partial charge < -0.3 is 19.0 Å². The highest BCUT2D eigenvalue weighted by Crippen LogP contribution is 2.15. The molecule has 144 valence electrons. The van der Waals surface area contributed by atoms with Crippen LogP contribution in [0.1, 0.15) is 22.0 Å². The predicted molar refractivity (Wildman–Crippen MR) is 103 cm³/mol. The van der Waals surface area contributed by atoms with Crippen molar-refractivity contribution in [3.05, 3.63) is 70.0 Å². The molecule has 0 aliphatic carbocycles. The third-order valence-electron chi connectivity index (χ3n) is 4.55. The van der Waals surface area contributed by atoms with Crippen LogP contribution in [0.25, 0.3) is 16.6 Å². The Balaban J connectivity index is 1.73. The topological polar surface area (TPSA) is 90.8 Å². The molecule has 0 saturated heterocycles. The lowest BCUT2D eigenvalue weighted by Crippen LogP contribution is -2.24. The van der Waals surface area contributed by atoms with Gasteiger partial charge in [-0.1, -0.05) is 12.1 Å². The molecule has 1 N–H and O–H groups in total. The largest absolute Gasteiger partial charge is 0.465 e. The summed E-state index contributed by atoms with van der Waals surface area (Å²) in [6.07, 6.45) is 0. The monoisotopic (exact) mass is 380 g/mol. The first-order valence-electron chi connectivity index (χ1n) is 8.92. The van der Waals surface area contributed by atoms with Crippen LogP contribution in [0.3, 0.4) is 0 Å². The maximum atomic E-state index is 13.0. The van der Waals surface area contributed by atoms with Crippen molar-refractivity contribution in [3.63, 3.8) is 0 Å². The molecule has 28 heavy (non-hydrogen) atoms. The van der Waals surface area contributed by atoms with E-state index in [0.29, 0.717) is 24.4 Å². The zero-order valence-electron chi connectivity index (χ0n) is 15.6. The third kappa shape index (κ3) is 3.18. The third-order valence-corrected chi connectivity index (χ3v) is 4.55. The van der Waals surface area contributed by atoms with E-state index < -0.39 is 0 Å². The first-order valence-corrected chi connectivity index (χ1v) is 8.92. The maximum absolute atomic E-state index is 13.0. The minimum atomic E-state index is -0.371. The lowest BCUT2D eigenvalue weighted by atomic mass is 10.2. The molecule has 8 nitrogen and oxygen atoms in total. The Morgan fingerprint density at radius 3 is 2.68 bits per heavy atom. The van der Waals surface area contributed by atoms with E-state index in [-0.39, 0.29) is 23.7 Å². The number of aromatic nitrogens is 3. The second kappa shape index (κ2) is 7.32. The van der Waals surface area contributed by atoms with Crippen molar-refractivity contribution < 1.29 is 13.9 Å². The van der Waals surface area contributed by atoms with Gasteiger partial charge in [-0.15, -0.1) is 0 Å². The summed E-state index contributed by atoms with van der Waals surface area (Å²) < 4.78 is 13.7. The van der Waals surface area contributed by atoms with Crippen LogP contribution in [-0.4, -0.2) is 33.8 Å². The molecule has 1 aromatic carbocycles. The summed E-state index contributed by atoms with van der Waals surface area (Å²) in [5.41, 5.74) is 1.78. The van der Waals surface area contributed by atoms with Crippen molar-refractivity contribution in [3.8, 4) is 0 Å². The molecule has 0 fully saturated rings. The van der Waals surface area contributed by atoms with E-state index in [2.05, 4.69) is 10.4 Å². The summed E-state index contributed by atoms with van der Waals surface area (Å²) in [7, 11) is 1.59. The molecule has 4 aromatic rings. The van der Waals surface area contributed by atoms with Crippen LogP contribution in [0, 0.1) is 6.92 Å². The van der Waals surface area contributed by atoms with Crippen molar-refractivity contribution in [1.82, 2.24) is 19.5 Å². The van der Waals surface area contributed by atoms with Crippen molar-refractivity contribution >= 4 is 22.5 Å². The number of carbonyl (C=O) groups excluding carboxylic acids is 1. The number of methoxy groups -OCH3 is 1. The van der Waals surface area contributed by atoms with Gasteiger partial charge in [-0.25, -0.2) is 4.52 Å². The van der Waals surface area contributed by atoms with Crippen molar-refractivity contribution in [2.75, 3.05) is 13.7 Å². The molecule has 0 aliphatic rings. The number of nitrogens with one attached hydrogen (secondary N) is 1. The Hall–Kier alpha value is -3.39. The van der Waals surface area contributed by atoms with Gasteiger partial charge in [0, 0.05) is 19.7 Å². The number of ether oxygens (including phenoxy) is 1. The fraction of sp³-hybridized carbons (Fsp3) is 0.250. The molecule has 0 radical (unpaired) electrons. The van der Waals surface area contributed by atoms with Crippen LogP contribution < -0.4 is 10.9 Å². The lowest BCUT2D eigenvalue weighted by molar-refractivity contribution is 0.0942. The van der Waals surface area contributed by atoms with Gasteiger partial charge in [-0.2, -0.15) is 5.10 Å². The molecule has 0 bridgehead atoms. The van der Waals surface area contributed by atoms with E-state index in [1.807, 2.05) is 37.3 Å². The summed E-state index contributed by atoms with van der Waals surface area (Å²) in [6.45, 7) is 2.91. The second-order valence-electron chi connectivity index (χ2n) is 6.46. The maximum Gasteiger partial charge on any atom is 0.277 e. The van der Waals surface area contributed by atoms with E-state index in [0.717, 1.165) is 16.8 Å². The van der Waals surface area contributed by atoms with E-state index in [4.69, 9.17) is 9.15 Å². The van der Waals surface area contributed by atoms with E-state index >= 15 is 0 Å². The highest BCUT2D eigenvalue weighted by Gasteiger charge is 2.17. The average Bonchev–Trinajstić information content (AvgIpc) is 3.33. The fourth-order valence-corrected chi connectivity index (χ4v) is 3.19. The summed E-state index contributed by atoms with van der Waals surface area (Å²) in [5.74, 6) is 1.06. The SMILES string of the molecule is COCCn1c(=O)c2cc(C(=O)NCc3ccc(C)o3)nn2c2ccccc21. The zero-order valence-corrected chi connectivity index (χ0v) is 15.6. The minimum absolute atomic E-state index is 0.176.